The predicted octanol–water partition coefficient (Wildman–Crippen LogP) is 3.31. The second-order valence-electron chi connectivity index (χ2n) is 5.27. The molecule has 0 bridgehead atoms. The lowest BCUT2D eigenvalue weighted by Crippen LogP contribution is -2.30. The molecule has 108 valence electrons. The van der Waals surface area contributed by atoms with Crippen LogP contribution in [0.2, 0.25) is 0 Å². The summed E-state index contributed by atoms with van der Waals surface area (Å²) in [4.78, 5) is 9.94. The van der Waals surface area contributed by atoms with Crippen molar-refractivity contribution in [1.82, 2.24) is 9.88 Å². The summed E-state index contributed by atoms with van der Waals surface area (Å²) >= 11 is 3.63. The minimum atomic E-state index is 0.310. The van der Waals surface area contributed by atoms with Gasteiger partial charge in [0.2, 0.25) is 0 Å². The van der Waals surface area contributed by atoms with E-state index >= 15 is 0 Å². The number of hydrogen-bond acceptors (Lipinski definition) is 5. The highest BCUT2D eigenvalue weighted by Crippen LogP contribution is 2.35. The van der Waals surface area contributed by atoms with Crippen LogP contribution in [0.15, 0.2) is 11.4 Å². The Balaban J connectivity index is 1.69. The molecule has 2 aromatic heterocycles. The van der Waals surface area contributed by atoms with Gasteiger partial charge in [0, 0.05) is 30.0 Å². The van der Waals surface area contributed by atoms with Gasteiger partial charge in [-0.15, -0.1) is 22.7 Å². The molecule has 2 aromatic rings. The topological polar surface area (TPSA) is 36.4 Å². The molecule has 0 aliphatic carbocycles. The number of fused-ring (bicyclic) bond motifs is 1. The average Bonchev–Trinajstić information content (AvgIpc) is 3.04. The van der Waals surface area contributed by atoms with E-state index in [2.05, 4.69) is 28.3 Å². The van der Waals surface area contributed by atoms with Gasteiger partial charge in [-0.05, 0) is 44.4 Å². The molecule has 1 aliphatic heterocycles. The van der Waals surface area contributed by atoms with Crippen LogP contribution >= 0.6 is 22.7 Å². The lowest BCUT2D eigenvalue weighted by Gasteiger charge is -2.26. The summed E-state index contributed by atoms with van der Waals surface area (Å²) < 4.78 is 0. The number of unbranched alkanes of at least 4 members (excludes halogenated alkanes) is 1. The Bertz CT molecular complexity index is 576. The summed E-state index contributed by atoms with van der Waals surface area (Å²) in [5.74, 6) is 0. The predicted molar refractivity (Wildman–Crippen MR) is 85.5 cm³/mol. The highest BCUT2D eigenvalue weighted by atomic mass is 32.1. The summed E-state index contributed by atoms with van der Waals surface area (Å²) in [6.45, 7) is 5.67. The number of rotatable bonds is 5. The Labute approximate surface area is 127 Å². The van der Waals surface area contributed by atoms with Crippen LogP contribution < -0.4 is 0 Å². The number of aromatic nitrogens is 1. The van der Waals surface area contributed by atoms with Crippen LogP contribution in [0.1, 0.15) is 28.3 Å². The Morgan fingerprint density at radius 2 is 2.30 bits per heavy atom. The molecule has 1 aliphatic rings. The van der Waals surface area contributed by atoms with Crippen LogP contribution in [0.25, 0.3) is 10.6 Å². The maximum atomic E-state index is 8.86. The molecular weight excluding hydrogens is 288 g/mol. The van der Waals surface area contributed by atoms with Crippen LogP contribution in [0, 0.1) is 6.92 Å². The minimum Gasteiger partial charge on any atom is -0.396 e. The normalized spacial score (nSPS) is 15.5. The summed E-state index contributed by atoms with van der Waals surface area (Å²) in [6.07, 6.45) is 3.16. The van der Waals surface area contributed by atoms with Crippen molar-refractivity contribution in [3.63, 3.8) is 0 Å². The van der Waals surface area contributed by atoms with Crippen LogP contribution in [-0.4, -0.2) is 34.7 Å². The van der Waals surface area contributed by atoms with E-state index < -0.39 is 0 Å². The quantitative estimate of drug-likeness (QED) is 0.861. The molecule has 0 atom stereocenters. The first-order valence-corrected chi connectivity index (χ1v) is 8.83. The van der Waals surface area contributed by atoms with Gasteiger partial charge in [-0.1, -0.05) is 0 Å². The molecule has 0 amide bonds. The van der Waals surface area contributed by atoms with Crippen LogP contribution in [0.5, 0.6) is 0 Å². The molecule has 0 unspecified atom stereocenters. The number of aryl methyl sites for hydroxylation is 1. The first-order valence-electron chi connectivity index (χ1n) is 7.13. The van der Waals surface area contributed by atoms with Gasteiger partial charge in [-0.3, -0.25) is 4.90 Å². The smallest absolute Gasteiger partial charge is 0.0914 e. The van der Waals surface area contributed by atoms with E-state index in [1.165, 1.54) is 15.3 Å². The summed E-state index contributed by atoms with van der Waals surface area (Å²) in [5.41, 5.74) is 2.62. The molecule has 3 nitrogen and oxygen atoms in total. The lowest BCUT2D eigenvalue weighted by atomic mass is 10.1. The third-order valence-electron chi connectivity index (χ3n) is 3.70. The molecule has 20 heavy (non-hydrogen) atoms. The second-order valence-corrected chi connectivity index (χ2v) is 7.47. The number of nitrogens with zero attached hydrogens (tertiary/aromatic N) is 2. The lowest BCUT2D eigenvalue weighted by molar-refractivity contribution is 0.230. The monoisotopic (exact) mass is 308 g/mol. The minimum absolute atomic E-state index is 0.310. The molecular formula is C15H20N2OS2. The van der Waals surface area contributed by atoms with Crippen molar-refractivity contribution in [3.05, 3.63) is 26.9 Å². The number of hydrogen-bond donors (Lipinski definition) is 1. The highest BCUT2D eigenvalue weighted by molar-refractivity contribution is 7.16. The SMILES string of the molecule is Cc1nc(-c2cc3c(s2)CCN(CCCCO)C3)cs1. The fourth-order valence-electron chi connectivity index (χ4n) is 2.63. The van der Waals surface area contributed by atoms with Gasteiger partial charge in [0.15, 0.2) is 0 Å². The Kier molecular flexibility index (Phi) is 4.51. The molecule has 0 fully saturated rings. The Morgan fingerprint density at radius 1 is 1.40 bits per heavy atom. The van der Waals surface area contributed by atoms with E-state index in [1.807, 2.05) is 11.3 Å². The standard InChI is InChI=1S/C15H20N2OS2/c1-11-16-13(10-19-11)15-8-12-9-17(5-2-3-7-18)6-4-14(12)20-15/h8,10,18H,2-7,9H2,1H3. The van der Waals surface area contributed by atoms with Crippen molar-refractivity contribution < 1.29 is 5.11 Å². The van der Waals surface area contributed by atoms with E-state index in [0.717, 1.165) is 49.6 Å². The van der Waals surface area contributed by atoms with Crippen molar-refractivity contribution >= 4 is 22.7 Å². The van der Waals surface area contributed by atoms with Crippen molar-refractivity contribution in [1.29, 1.82) is 0 Å². The van der Waals surface area contributed by atoms with E-state index in [4.69, 9.17) is 5.11 Å². The van der Waals surface area contributed by atoms with Gasteiger partial charge in [-0.25, -0.2) is 4.98 Å². The molecule has 0 saturated heterocycles. The Morgan fingerprint density at radius 3 is 3.05 bits per heavy atom. The molecule has 3 rings (SSSR count). The summed E-state index contributed by atoms with van der Waals surface area (Å²) in [6, 6.07) is 2.33. The third-order valence-corrected chi connectivity index (χ3v) is 5.73. The molecule has 3 heterocycles. The molecule has 0 saturated carbocycles. The van der Waals surface area contributed by atoms with Gasteiger partial charge in [0.25, 0.3) is 0 Å². The van der Waals surface area contributed by atoms with Gasteiger partial charge in [0.05, 0.1) is 15.6 Å². The maximum absolute atomic E-state index is 8.86. The van der Waals surface area contributed by atoms with Gasteiger partial charge in [-0.2, -0.15) is 0 Å². The number of aliphatic hydroxyl groups is 1. The molecule has 5 heteroatoms. The van der Waals surface area contributed by atoms with Crippen molar-refractivity contribution in [3.8, 4) is 10.6 Å². The summed E-state index contributed by atoms with van der Waals surface area (Å²) in [5, 5.41) is 12.2. The first-order chi connectivity index (χ1) is 9.76. The van der Waals surface area contributed by atoms with E-state index in [1.54, 1.807) is 11.3 Å². The largest absolute Gasteiger partial charge is 0.396 e. The zero-order valence-corrected chi connectivity index (χ0v) is 13.4. The van der Waals surface area contributed by atoms with Crippen molar-refractivity contribution in [2.24, 2.45) is 0 Å². The number of aliphatic hydroxyl groups excluding tert-OH is 1. The maximum Gasteiger partial charge on any atom is 0.0914 e. The number of thiazole rings is 1. The van der Waals surface area contributed by atoms with Crippen molar-refractivity contribution in [2.45, 2.75) is 32.7 Å². The van der Waals surface area contributed by atoms with Gasteiger partial charge < -0.3 is 5.11 Å². The highest BCUT2D eigenvalue weighted by Gasteiger charge is 2.19. The fourth-order valence-corrected chi connectivity index (χ4v) is 4.44. The van der Waals surface area contributed by atoms with Gasteiger partial charge >= 0.3 is 0 Å². The molecule has 1 N–H and O–H groups in total. The molecule has 0 spiro atoms. The zero-order chi connectivity index (χ0) is 13.9. The second kappa shape index (κ2) is 6.35. The van der Waals surface area contributed by atoms with Crippen LogP contribution in [0.3, 0.4) is 0 Å². The van der Waals surface area contributed by atoms with Crippen LogP contribution in [-0.2, 0) is 13.0 Å². The third kappa shape index (κ3) is 3.11. The molecule has 0 radical (unpaired) electrons. The fraction of sp³-hybridized carbons (Fsp3) is 0.533. The van der Waals surface area contributed by atoms with E-state index in [-0.39, 0.29) is 0 Å². The average molecular weight is 308 g/mol. The summed E-state index contributed by atoms with van der Waals surface area (Å²) in [7, 11) is 0. The van der Waals surface area contributed by atoms with Crippen LogP contribution in [0.4, 0.5) is 0 Å². The van der Waals surface area contributed by atoms with E-state index in [9.17, 15) is 0 Å². The number of thiophene rings is 1. The van der Waals surface area contributed by atoms with Crippen molar-refractivity contribution in [2.75, 3.05) is 19.7 Å². The first kappa shape index (κ1) is 14.2. The molecule has 0 aromatic carbocycles. The van der Waals surface area contributed by atoms with E-state index in [0.29, 0.717) is 6.61 Å². The van der Waals surface area contributed by atoms with Gasteiger partial charge in [0.1, 0.15) is 0 Å². The Hall–Kier alpha value is -0.750. The zero-order valence-electron chi connectivity index (χ0n) is 11.8.